The molecule has 3 nitrogen and oxygen atoms in total. The predicted octanol–water partition coefficient (Wildman–Crippen LogP) is 3.92. The van der Waals surface area contributed by atoms with Gasteiger partial charge in [-0.1, -0.05) is 11.6 Å². The summed E-state index contributed by atoms with van der Waals surface area (Å²) in [4.78, 5) is 15.7. The molecule has 5 heteroatoms. The maximum absolute atomic E-state index is 12.7. The van der Waals surface area contributed by atoms with E-state index in [1.54, 1.807) is 12.3 Å². The zero-order valence-electron chi connectivity index (χ0n) is 10.7. The van der Waals surface area contributed by atoms with E-state index in [9.17, 15) is 9.18 Å². The van der Waals surface area contributed by atoms with Crippen LogP contribution in [0.3, 0.4) is 0 Å². The van der Waals surface area contributed by atoms with Gasteiger partial charge >= 0.3 is 0 Å². The van der Waals surface area contributed by atoms with Crippen molar-refractivity contribution >= 4 is 17.4 Å². The third-order valence-corrected chi connectivity index (χ3v) is 2.87. The summed E-state index contributed by atoms with van der Waals surface area (Å²) in [6.07, 6.45) is 4.00. The van der Waals surface area contributed by atoms with Crippen LogP contribution in [-0.4, -0.2) is 17.4 Å². The third kappa shape index (κ3) is 4.31. The van der Waals surface area contributed by atoms with Gasteiger partial charge in [-0.25, -0.2) is 4.39 Å². The number of ketones is 1. The van der Waals surface area contributed by atoms with Crippen molar-refractivity contribution in [3.8, 4) is 5.75 Å². The first-order valence-corrected chi connectivity index (χ1v) is 6.55. The number of carbonyl (C=O) groups is 1. The van der Waals surface area contributed by atoms with E-state index in [0.29, 0.717) is 35.8 Å². The number of pyridine rings is 1. The Balaban J connectivity index is 1.76. The van der Waals surface area contributed by atoms with Gasteiger partial charge in [0.2, 0.25) is 0 Å². The van der Waals surface area contributed by atoms with E-state index >= 15 is 0 Å². The molecule has 0 radical (unpaired) electrons. The highest BCUT2D eigenvalue weighted by molar-refractivity contribution is 6.30. The van der Waals surface area contributed by atoms with E-state index in [1.165, 1.54) is 30.5 Å². The van der Waals surface area contributed by atoms with E-state index in [0.717, 1.165) is 0 Å². The van der Waals surface area contributed by atoms with Crippen LogP contribution in [-0.2, 0) is 0 Å². The van der Waals surface area contributed by atoms with Crippen molar-refractivity contribution < 1.29 is 13.9 Å². The van der Waals surface area contributed by atoms with Crippen LogP contribution in [0, 0.1) is 5.82 Å². The van der Waals surface area contributed by atoms with Gasteiger partial charge in [0.15, 0.2) is 5.78 Å². The Morgan fingerprint density at radius 2 is 2.00 bits per heavy atom. The summed E-state index contributed by atoms with van der Waals surface area (Å²) in [5.74, 6) is 0.197. The Morgan fingerprint density at radius 3 is 2.70 bits per heavy atom. The molecule has 1 aromatic carbocycles. The minimum atomic E-state index is -0.349. The van der Waals surface area contributed by atoms with Crippen LogP contribution in [0.2, 0.25) is 5.02 Å². The summed E-state index contributed by atoms with van der Waals surface area (Å²) in [5, 5.41) is 0.505. The number of benzene rings is 1. The lowest BCUT2D eigenvalue weighted by atomic mass is 10.1. The zero-order valence-corrected chi connectivity index (χ0v) is 11.4. The summed E-state index contributed by atoms with van der Waals surface area (Å²) < 4.78 is 18.2. The van der Waals surface area contributed by atoms with Crippen LogP contribution in [0.5, 0.6) is 5.75 Å². The van der Waals surface area contributed by atoms with Crippen molar-refractivity contribution in [3.63, 3.8) is 0 Å². The number of carbonyl (C=O) groups excluding carboxylic acids is 1. The number of aromatic nitrogens is 1. The van der Waals surface area contributed by atoms with Crippen LogP contribution in [0.4, 0.5) is 4.39 Å². The van der Waals surface area contributed by atoms with Gasteiger partial charge < -0.3 is 4.74 Å². The molecule has 0 saturated heterocycles. The van der Waals surface area contributed by atoms with Gasteiger partial charge in [-0.15, -0.1) is 0 Å². The standard InChI is InChI=1S/C15H13ClFNO2/c16-12-8-14(10-18-9-12)20-7-1-2-15(19)11-3-5-13(17)6-4-11/h3-6,8-10H,1-2,7H2. The second-order valence-electron chi connectivity index (χ2n) is 4.22. The Bertz CT molecular complexity index is 587. The van der Waals surface area contributed by atoms with Crippen molar-refractivity contribution in [1.29, 1.82) is 0 Å². The summed E-state index contributed by atoms with van der Waals surface area (Å²) in [5.41, 5.74) is 0.510. The Labute approximate surface area is 121 Å². The molecule has 0 aliphatic carbocycles. The Kier molecular flexibility index (Phi) is 5.07. The molecule has 0 atom stereocenters. The average Bonchev–Trinajstić information content (AvgIpc) is 2.44. The molecule has 0 bridgehead atoms. The minimum absolute atomic E-state index is 0.0298. The summed E-state index contributed by atoms with van der Waals surface area (Å²) >= 11 is 5.77. The molecule has 1 aromatic heterocycles. The molecule has 0 saturated carbocycles. The van der Waals surface area contributed by atoms with Crippen LogP contribution >= 0.6 is 11.6 Å². The molecule has 0 unspecified atom stereocenters. The normalized spacial score (nSPS) is 10.3. The highest BCUT2D eigenvalue weighted by Crippen LogP contribution is 2.15. The summed E-state index contributed by atoms with van der Waals surface area (Å²) in [6.45, 7) is 0.398. The highest BCUT2D eigenvalue weighted by atomic mass is 35.5. The first-order chi connectivity index (χ1) is 9.65. The van der Waals surface area contributed by atoms with Crippen molar-refractivity contribution in [2.45, 2.75) is 12.8 Å². The molecule has 20 heavy (non-hydrogen) atoms. The van der Waals surface area contributed by atoms with Gasteiger partial charge in [-0.05, 0) is 30.7 Å². The lowest BCUT2D eigenvalue weighted by molar-refractivity contribution is 0.0973. The highest BCUT2D eigenvalue weighted by Gasteiger charge is 2.06. The van der Waals surface area contributed by atoms with Gasteiger partial charge in [0.25, 0.3) is 0 Å². The SMILES string of the molecule is O=C(CCCOc1cncc(Cl)c1)c1ccc(F)cc1. The predicted molar refractivity (Wildman–Crippen MR) is 74.7 cm³/mol. The maximum atomic E-state index is 12.7. The third-order valence-electron chi connectivity index (χ3n) is 2.66. The number of rotatable bonds is 6. The maximum Gasteiger partial charge on any atom is 0.163 e. The zero-order chi connectivity index (χ0) is 14.4. The molecule has 2 rings (SSSR count). The lowest BCUT2D eigenvalue weighted by Gasteiger charge is -2.05. The molecular weight excluding hydrogens is 281 g/mol. The number of ether oxygens (including phenoxy) is 1. The first-order valence-electron chi connectivity index (χ1n) is 6.17. The summed E-state index contributed by atoms with van der Waals surface area (Å²) in [6, 6.07) is 7.19. The number of halogens is 2. The largest absolute Gasteiger partial charge is 0.492 e. The molecular formula is C15H13ClFNO2. The summed E-state index contributed by atoms with van der Waals surface area (Å²) in [7, 11) is 0. The van der Waals surface area contributed by atoms with E-state index < -0.39 is 0 Å². The smallest absolute Gasteiger partial charge is 0.163 e. The van der Waals surface area contributed by atoms with Crippen LogP contribution in [0.25, 0.3) is 0 Å². The van der Waals surface area contributed by atoms with Crippen molar-refractivity contribution in [2.24, 2.45) is 0 Å². The van der Waals surface area contributed by atoms with E-state index in [1.807, 2.05) is 0 Å². The number of hydrogen-bond acceptors (Lipinski definition) is 3. The van der Waals surface area contributed by atoms with Gasteiger partial charge in [0, 0.05) is 24.2 Å². The van der Waals surface area contributed by atoms with Gasteiger partial charge in [0.05, 0.1) is 17.8 Å². The molecule has 0 spiro atoms. The van der Waals surface area contributed by atoms with Gasteiger partial charge in [0.1, 0.15) is 11.6 Å². The first kappa shape index (κ1) is 14.5. The van der Waals surface area contributed by atoms with Crippen molar-refractivity contribution in [1.82, 2.24) is 4.98 Å². The van der Waals surface area contributed by atoms with Crippen molar-refractivity contribution in [3.05, 3.63) is 59.1 Å². The fourth-order valence-electron chi connectivity index (χ4n) is 1.67. The molecule has 0 N–H and O–H groups in total. The van der Waals surface area contributed by atoms with Gasteiger partial charge in [-0.2, -0.15) is 0 Å². The van der Waals surface area contributed by atoms with E-state index in [-0.39, 0.29) is 11.6 Å². The van der Waals surface area contributed by atoms with Gasteiger partial charge in [-0.3, -0.25) is 9.78 Å². The minimum Gasteiger partial charge on any atom is -0.492 e. The second kappa shape index (κ2) is 7.01. The topological polar surface area (TPSA) is 39.2 Å². The Hall–Kier alpha value is -1.94. The number of Topliss-reactive ketones (excluding diaryl/α,β-unsaturated/α-hetero) is 1. The van der Waals surface area contributed by atoms with Crippen molar-refractivity contribution in [2.75, 3.05) is 6.61 Å². The monoisotopic (exact) mass is 293 g/mol. The molecule has 0 amide bonds. The fraction of sp³-hybridized carbons (Fsp3) is 0.200. The molecule has 0 aliphatic heterocycles. The lowest BCUT2D eigenvalue weighted by Crippen LogP contribution is -2.04. The van der Waals surface area contributed by atoms with Crippen LogP contribution in [0.15, 0.2) is 42.7 Å². The molecule has 0 aliphatic rings. The van der Waals surface area contributed by atoms with E-state index in [4.69, 9.17) is 16.3 Å². The van der Waals surface area contributed by atoms with Crippen LogP contribution < -0.4 is 4.74 Å². The van der Waals surface area contributed by atoms with E-state index in [2.05, 4.69) is 4.98 Å². The molecule has 1 heterocycles. The molecule has 0 fully saturated rings. The fourth-order valence-corrected chi connectivity index (χ4v) is 1.84. The quantitative estimate of drug-likeness (QED) is 0.598. The van der Waals surface area contributed by atoms with Crippen LogP contribution in [0.1, 0.15) is 23.2 Å². The average molecular weight is 294 g/mol. The molecule has 2 aromatic rings. The Morgan fingerprint density at radius 1 is 1.25 bits per heavy atom. The number of nitrogens with zero attached hydrogens (tertiary/aromatic N) is 1. The number of hydrogen-bond donors (Lipinski definition) is 0. The second-order valence-corrected chi connectivity index (χ2v) is 4.66. The molecule has 104 valence electrons.